The number of hydrogen-bond donors (Lipinski definition) is 0. The van der Waals surface area contributed by atoms with Crippen LogP contribution in [0.5, 0.6) is 0 Å². The minimum absolute atomic E-state index is 0.124. The largest absolute Gasteiger partial charge is 0.464 e. The van der Waals surface area contributed by atoms with Gasteiger partial charge in [0.1, 0.15) is 0 Å². The molecule has 0 spiro atoms. The summed E-state index contributed by atoms with van der Waals surface area (Å²) >= 11 is 0. The summed E-state index contributed by atoms with van der Waals surface area (Å²) in [6.07, 6.45) is -0.124. The van der Waals surface area contributed by atoms with Gasteiger partial charge in [0.25, 0.3) is 0 Å². The Morgan fingerprint density at radius 3 is 2.26 bits per heavy atom. The van der Waals surface area contributed by atoms with Crippen molar-refractivity contribution < 1.29 is 4.74 Å². The third kappa shape index (κ3) is 2.64. The average Bonchev–Trinajstić information content (AvgIpc) is 2.62. The van der Waals surface area contributed by atoms with Crippen molar-refractivity contribution >= 4 is 11.6 Å². The van der Waals surface area contributed by atoms with E-state index in [4.69, 9.17) is 9.73 Å². The van der Waals surface area contributed by atoms with Gasteiger partial charge in [-0.25, -0.2) is 4.99 Å². The highest BCUT2D eigenvalue weighted by Gasteiger charge is 2.25. The van der Waals surface area contributed by atoms with Crippen LogP contribution in [0.2, 0.25) is 0 Å². The van der Waals surface area contributed by atoms with Crippen molar-refractivity contribution in [1.29, 1.82) is 0 Å². The van der Waals surface area contributed by atoms with Crippen LogP contribution in [0.1, 0.15) is 28.4 Å². The van der Waals surface area contributed by atoms with E-state index in [-0.39, 0.29) is 6.10 Å². The second kappa shape index (κ2) is 5.73. The number of benzene rings is 3. The van der Waals surface area contributed by atoms with Crippen LogP contribution in [0.25, 0.3) is 0 Å². The molecule has 3 aromatic rings. The van der Waals surface area contributed by atoms with Gasteiger partial charge in [-0.15, -0.1) is 0 Å². The predicted molar refractivity (Wildman–Crippen MR) is 93.2 cm³/mol. The molecule has 1 heterocycles. The molecule has 2 nitrogen and oxygen atoms in total. The second-order valence-corrected chi connectivity index (χ2v) is 5.75. The fraction of sp³-hybridized carbons (Fsp3) is 0.0952. The lowest BCUT2D eigenvalue weighted by Crippen LogP contribution is -2.17. The topological polar surface area (TPSA) is 21.6 Å². The minimum Gasteiger partial charge on any atom is -0.464 e. The van der Waals surface area contributed by atoms with E-state index in [0.717, 1.165) is 22.4 Å². The molecule has 2 heteroatoms. The third-order valence-electron chi connectivity index (χ3n) is 4.07. The van der Waals surface area contributed by atoms with E-state index in [1.165, 1.54) is 5.56 Å². The highest BCUT2D eigenvalue weighted by atomic mass is 16.5. The Kier molecular flexibility index (Phi) is 3.43. The Labute approximate surface area is 136 Å². The normalized spacial score (nSPS) is 16.2. The fourth-order valence-corrected chi connectivity index (χ4v) is 2.83. The summed E-state index contributed by atoms with van der Waals surface area (Å²) in [6, 6.07) is 26.8. The Hall–Kier alpha value is -2.87. The van der Waals surface area contributed by atoms with Crippen LogP contribution >= 0.6 is 0 Å². The first-order valence-electron chi connectivity index (χ1n) is 7.77. The van der Waals surface area contributed by atoms with Gasteiger partial charge in [-0.2, -0.15) is 0 Å². The van der Waals surface area contributed by atoms with Gasteiger partial charge >= 0.3 is 0 Å². The van der Waals surface area contributed by atoms with Crippen LogP contribution in [0, 0.1) is 6.92 Å². The fourth-order valence-electron chi connectivity index (χ4n) is 2.83. The van der Waals surface area contributed by atoms with E-state index in [1.807, 2.05) is 36.4 Å². The highest BCUT2D eigenvalue weighted by molar-refractivity contribution is 5.97. The molecule has 1 aliphatic heterocycles. The van der Waals surface area contributed by atoms with Gasteiger partial charge in [0, 0.05) is 11.1 Å². The number of ether oxygens (including phenoxy) is 1. The van der Waals surface area contributed by atoms with Crippen molar-refractivity contribution in [3.05, 3.63) is 101 Å². The number of aryl methyl sites for hydroxylation is 1. The Bertz CT molecular complexity index is 851. The van der Waals surface area contributed by atoms with Gasteiger partial charge < -0.3 is 4.74 Å². The molecule has 1 atom stereocenters. The molecular weight excluding hydrogens is 282 g/mol. The number of nitrogens with zero attached hydrogens (tertiary/aromatic N) is 1. The van der Waals surface area contributed by atoms with Crippen molar-refractivity contribution in [1.82, 2.24) is 0 Å². The van der Waals surface area contributed by atoms with E-state index >= 15 is 0 Å². The minimum atomic E-state index is -0.124. The van der Waals surface area contributed by atoms with Crippen molar-refractivity contribution in [3.8, 4) is 0 Å². The molecule has 1 aliphatic rings. The van der Waals surface area contributed by atoms with E-state index in [9.17, 15) is 0 Å². The second-order valence-electron chi connectivity index (χ2n) is 5.75. The van der Waals surface area contributed by atoms with Crippen molar-refractivity contribution in [3.63, 3.8) is 0 Å². The number of para-hydroxylation sites is 1. The standard InChI is InChI=1S/C21H17NO/c1-15-11-13-17(14-12-15)21-22-19-10-6-5-9-18(19)20(23-21)16-7-3-2-4-8-16/h2-14,20H,1H3/t20-/m0/s1. The quantitative estimate of drug-likeness (QED) is 0.638. The Morgan fingerprint density at radius 2 is 1.48 bits per heavy atom. The SMILES string of the molecule is Cc1ccc(C2=Nc3ccccc3[C@H](c3ccccc3)O2)cc1. The molecular formula is C21H17NO. The van der Waals surface area contributed by atoms with Crippen LogP contribution in [-0.2, 0) is 4.74 Å². The molecule has 0 saturated carbocycles. The van der Waals surface area contributed by atoms with Crippen molar-refractivity contribution in [2.75, 3.05) is 0 Å². The molecule has 0 bridgehead atoms. The number of hydrogen-bond acceptors (Lipinski definition) is 2. The molecule has 0 aliphatic carbocycles. The first-order valence-corrected chi connectivity index (χ1v) is 7.77. The van der Waals surface area contributed by atoms with Gasteiger partial charge in [-0.1, -0.05) is 66.2 Å². The lowest BCUT2D eigenvalue weighted by atomic mass is 9.98. The van der Waals surface area contributed by atoms with Crippen molar-refractivity contribution in [2.24, 2.45) is 4.99 Å². The van der Waals surface area contributed by atoms with Gasteiger partial charge in [0.2, 0.25) is 5.90 Å². The smallest absolute Gasteiger partial charge is 0.222 e. The maximum absolute atomic E-state index is 6.27. The first-order chi connectivity index (χ1) is 11.3. The summed E-state index contributed by atoms with van der Waals surface area (Å²) in [5.74, 6) is 0.678. The average molecular weight is 299 g/mol. The molecule has 0 saturated heterocycles. The van der Waals surface area contributed by atoms with Gasteiger partial charge in [-0.05, 0) is 30.7 Å². The van der Waals surface area contributed by atoms with Crippen LogP contribution in [0.3, 0.4) is 0 Å². The molecule has 23 heavy (non-hydrogen) atoms. The van der Waals surface area contributed by atoms with Gasteiger partial charge in [0.05, 0.1) is 5.69 Å². The maximum atomic E-state index is 6.27. The zero-order valence-corrected chi connectivity index (χ0v) is 12.9. The third-order valence-corrected chi connectivity index (χ3v) is 4.07. The Morgan fingerprint density at radius 1 is 0.783 bits per heavy atom. The zero-order valence-electron chi connectivity index (χ0n) is 12.9. The summed E-state index contributed by atoms with van der Waals surface area (Å²) in [6.45, 7) is 2.08. The van der Waals surface area contributed by atoms with Crippen LogP contribution < -0.4 is 0 Å². The monoisotopic (exact) mass is 299 g/mol. The van der Waals surface area contributed by atoms with E-state index in [0.29, 0.717) is 5.90 Å². The summed E-state index contributed by atoms with van der Waals surface area (Å²) in [5, 5.41) is 0. The predicted octanol–water partition coefficient (Wildman–Crippen LogP) is 5.19. The van der Waals surface area contributed by atoms with E-state index in [1.54, 1.807) is 0 Å². The summed E-state index contributed by atoms with van der Waals surface area (Å²) in [7, 11) is 0. The summed E-state index contributed by atoms with van der Waals surface area (Å²) in [4.78, 5) is 4.72. The lowest BCUT2D eigenvalue weighted by Gasteiger charge is -2.26. The molecule has 0 N–H and O–H groups in total. The summed E-state index contributed by atoms with van der Waals surface area (Å²) < 4.78 is 6.27. The van der Waals surface area contributed by atoms with Crippen LogP contribution in [0.4, 0.5) is 5.69 Å². The zero-order chi connectivity index (χ0) is 15.6. The number of aliphatic imine (C=N–C) groups is 1. The molecule has 3 aromatic carbocycles. The maximum Gasteiger partial charge on any atom is 0.222 e. The molecule has 0 aromatic heterocycles. The van der Waals surface area contributed by atoms with Crippen molar-refractivity contribution in [2.45, 2.75) is 13.0 Å². The van der Waals surface area contributed by atoms with Gasteiger partial charge in [-0.3, -0.25) is 0 Å². The van der Waals surface area contributed by atoms with Crippen LogP contribution in [-0.4, -0.2) is 5.90 Å². The molecule has 0 unspecified atom stereocenters. The van der Waals surface area contributed by atoms with Gasteiger partial charge in [0.15, 0.2) is 6.10 Å². The number of fused-ring (bicyclic) bond motifs is 1. The lowest BCUT2D eigenvalue weighted by molar-refractivity contribution is 0.229. The molecule has 0 amide bonds. The molecule has 4 rings (SSSR count). The summed E-state index contributed by atoms with van der Waals surface area (Å²) in [5.41, 5.74) is 5.45. The molecule has 112 valence electrons. The molecule has 0 fully saturated rings. The first kappa shape index (κ1) is 13.8. The van der Waals surface area contributed by atoms with Crippen LogP contribution in [0.15, 0.2) is 83.9 Å². The molecule has 0 radical (unpaired) electrons. The highest BCUT2D eigenvalue weighted by Crippen LogP contribution is 2.37. The van der Waals surface area contributed by atoms with E-state index in [2.05, 4.69) is 49.4 Å². The number of rotatable bonds is 2. The Balaban J connectivity index is 1.82. The van der Waals surface area contributed by atoms with E-state index < -0.39 is 0 Å².